The van der Waals surface area contributed by atoms with Crippen LogP contribution in [0.2, 0.25) is 0 Å². The van der Waals surface area contributed by atoms with E-state index in [4.69, 9.17) is 15.1 Å². The second-order valence-electron chi connectivity index (χ2n) is 3.65. The lowest BCUT2D eigenvalue weighted by Gasteiger charge is -2.14. The van der Waals surface area contributed by atoms with Crippen molar-refractivity contribution in [2.24, 2.45) is 0 Å². The lowest BCUT2D eigenvalue weighted by atomic mass is 10.1. The van der Waals surface area contributed by atoms with Crippen LogP contribution in [0.15, 0.2) is 16.6 Å². The molecule has 1 aromatic rings. The number of phenols is 1. The van der Waals surface area contributed by atoms with E-state index in [1.54, 1.807) is 12.1 Å². The lowest BCUT2D eigenvalue weighted by Crippen LogP contribution is -2.21. The molecule has 0 aliphatic carbocycles. The number of nitriles is 1. The van der Waals surface area contributed by atoms with Gasteiger partial charge in [-0.2, -0.15) is 5.26 Å². The summed E-state index contributed by atoms with van der Waals surface area (Å²) < 4.78 is 5.50. The minimum absolute atomic E-state index is 0.00768. The maximum absolute atomic E-state index is 9.68. The maximum atomic E-state index is 9.68. The highest BCUT2D eigenvalue weighted by Gasteiger charge is 2.15. The fourth-order valence-corrected chi connectivity index (χ4v) is 1.94. The number of nitrogens with zero attached hydrogens (tertiary/aromatic N) is 1. The van der Waals surface area contributed by atoms with Crippen LogP contribution < -0.4 is 10.1 Å². The molecule has 98 valence electrons. The first kappa shape index (κ1) is 14.8. The van der Waals surface area contributed by atoms with Crippen LogP contribution in [0.3, 0.4) is 0 Å². The zero-order chi connectivity index (χ0) is 13.5. The highest BCUT2D eigenvalue weighted by Crippen LogP contribution is 2.36. The van der Waals surface area contributed by atoms with Gasteiger partial charge in [-0.3, -0.25) is 5.32 Å². The van der Waals surface area contributed by atoms with Gasteiger partial charge in [-0.15, -0.1) is 0 Å². The summed E-state index contributed by atoms with van der Waals surface area (Å²) in [5.74, 6) is 0.317. The number of hydrogen-bond acceptors (Lipinski definition) is 5. The summed E-state index contributed by atoms with van der Waals surface area (Å²) in [7, 11) is 1.45. The highest BCUT2D eigenvalue weighted by atomic mass is 79.9. The number of aliphatic hydroxyl groups is 1. The van der Waals surface area contributed by atoms with Gasteiger partial charge in [0.15, 0.2) is 11.5 Å². The normalized spacial score (nSPS) is 11.9. The lowest BCUT2D eigenvalue weighted by molar-refractivity contribution is 0.285. The van der Waals surface area contributed by atoms with E-state index in [0.29, 0.717) is 28.8 Å². The molecule has 18 heavy (non-hydrogen) atoms. The second kappa shape index (κ2) is 7.21. The van der Waals surface area contributed by atoms with E-state index in [1.165, 1.54) is 7.11 Å². The number of halogens is 1. The molecule has 6 heteroatoms. The Hall–Kier alpha value is -1.29. The maximum Gasteiger partial charge on any atom is 0.172 e. The van der Waals surface area contributed by atoms with Crippen LogP contribution in [0.5, 0.6) is 11.5 Å². The zero-order valence-corrected chi connectivity index (χ0v) is 11.6. The molecule has 3 N–H and O–H groups in total. The molecule has 0 radical (unpaired) electrons. The van der Waals surface area contributed by atoms with Crippen LogP contribution in [0.4, 0.5) is 0 Å². The summed E-state index contributed by atoms with van der Waals surface area (Å²) in [6, 6.07) is 4.89. The molecular weight excluding hydrogens is 300 g/mol. The summed E-state index contributed by atoms with van der Waals surface area (Å²) in [6.07, 6.45) is 0.578. The number of hydrogen-bond donors (Lipinski definition) is 3. The third-order valence-electron chi connectivity index (χ3n) is 2.42. The molecular formula is C12H15BrN2O3. The van der Waals surface area contributed by atoms with Gasteiger partial charge in [0.2, 0.25) is 0 Å². The third kappa shape index (κ3) is 3.60. The topological polar surface area (TPSA) is 85.5 Å². The summed E-state index contributed by atoms with van der Waals surface area (Å²) >= 11 is 3.21. The monoisotopic (exact) mass is 314 g/mol. The van der Waals surface area contributed by atoms with E-state index in [-0.39, 0.29) is 12.4 Å². The van der Waals surface area contributed by atoms with E-state index < -0.39 is 6.04 Å². The van der Waals surface area contributed by atoms with E-state index in [1.807, 2.05) is 0 Å². The molecule has 1 atom stereocenters. The fourth-order valence-electron chi connectivity index (χ4n) is 1.48. The van der Waals surface area contributed by atoms with E-state index in [2.05, 4.69) is 27.3 Å². The smallest absolute Gasteiger partial charge is 0.172 e. The number of ether oxygens (including phenoxy) is 1. The average molecular weight is 315 g/mol. The highest BCUT2D eigenvalue weighted by molar-refractivity contribution is 9.10. The number of phenolic OH excluding ortho intramolecular Hbond substituents is 1. The van der Waals surface area contributed by atoms with Gasteiger partial charge >= 0.3 is 0 Å². The molecule has 1 aromatic carbocycles. The van der Waals surface area contributed by atoms with Crippen molar-refractivity contribution in [2.75, 3.05) is 20.3 Å². The number of nitrogens with one attached hydrogen (secondary N) is 1. The number of methoxy groups -OCH3 is 1. The molecule has 0 fully saturated rings. The predicted octanol–water partition coefficient (Wildman–Crippen LogP) is 1.70. The Kier molecular flexibility index (Phi) is 5.92. The Morgan fingerprint density at radius 3 is 2.83 bits per heavy atom. The first-order valence-corrected chi connectivity index (χ1v) is 6.23. The van der Waals surface area contributed by atoms with Crippen LogP contribution in [-0.4, -0.2) is 30.5 Å². The minimum atomic E-state index is -0.512. The van der Waals surface area contributed by atoms with Crippen LogP contribution in [-0.2, 0) is 0 Å². The van der Waals surface area contributed by atoms with E-state index in [9.17, 15) is 5.11 Å². The van der Waals surface area contributed by atoms with Gasteiger partial charge in [0.1, 0.15) is 6.04 Å². The van der Waals surface area contributed by atoms with Gasteiger partial charge in [-0.05, 0) is 46.6 Å². The van der Waals surface area contributed by atoms with Crippen molar-refractivity contribution in [3.63, 3.8) is 0 Å². The minimum Gasteiger partial charge on any atom is -0.503 e. The Morgan fingerprint density at radius 2 is 2.28 bits per heavy atom. The van der Waals surface area contributed by atoms with Crippen LogP contribution in [0, 0.1) is 11.3 Å². The Labute approximate surface area is 114 Å². The Bertz CT molecular complexity index is 446. The van der Waals surface area contributed by atoms with Crippen molar-refractivity contribution < 1.29 is 14.9 Å². The molecule has 0 amide bonds. The van der Waals surface area contributed by atoms with Crippen molar-refractivity contribution in [3.8, 4) is 17.6 Å². The molecule has 0 aromatic heterocycles. The molecule has 0 bridgehead atoms. The molecule has 0 aliphatic rings. The summed E-state index contributed by atoms with van der Waals surface area (Å²) in [5.41, 5.74) is 0.692. The van der Waals surface area contributed by atoms with Crippen molar-refractivity contribution in [3.05, 3.63) is 22.2 Å². The Balaban J connectivity index is 2.93. The first-order valence-electron chi connectivity index (χ1n) is 5.44. The number of benzene rings is 1. The third-order valence-corrected chi connectivity index (χ3v) is 3.02. The van der Waals surface area contributed by atoms with Crippen molar-refractivity contribution >= 4 is 15.9 Å². The van der Waals surface area contributed by atoms with Crippen LogP contribution in [0.1, 0.15) is 18.0 Å². The van der Waals surface area contributed by atoms with Crippen LogP contribution >= 0.6 is 15.9 Å². The van der Waals surface area contributed by atoms with Crippen molar-refractivity contribution in [1.82, 2.24) is 5.32 Å². The Morgan fingerprint density at radius 1 is 1.56 bits per heavy atom. The van der Waals surface area contributed by atoms with E-state index >= 15 is 0 Å². The molecule has 5 nitrogen and oxygen atoms in total. The average Bonchev–Trinajstić information content (AvgIpc) is 2.38. The molecule has 0 saturated carbocycles. The molecule has 0 heterocycles. The standard InChI is InChI=1S/C12H15BrN2O3/c1-18-11-6-8(5-9(13)12(11)17)10(7-14)15-3-2-4-16/h5-6,10,15-17H,2-4H2,1H3. The molecule has 0 aliphatic heterocycles. The second-order valence-corrected chi connectivity index (χ2v) is 4.50. The zero-order valence-electron chi connectivity index (χ0n) is 9.98. The molecule has 0 spiro atoms. The van der Waals surface area contributed by atoms with Gasteiger partial charge in [0.05, 0.1) is 17.7 Å². The fraction of sp³-hybridized carbons (Fsp3) is 0.417. The predicted molar refractivity (Wildman–Crippen MR) is 70.4 cm³/mol. The van der Waals surface area contributed by atoms with Crippen molar-refractivity contribution in [2.45, 2.75) is 12.5 Å². The SMILES string of the molecule is COc1cc(C(C#N)NCCCO)cc(Br)c1O. The van der Waals surface area contributed by atoms with Gasteiger partial charge < -0.3 is 14.9 Å². The van der Waals surface area contributed by atoms with Gasteiger partial charge in [-0.1, -0.05) is 0 Å². The van der Waals surface area contributed by atoms with Gasteiger partial charge in [0.25, 0.3) is 0 Å². The molecule has 0 saturated heterocycles. The van der Waals surface area contributed by atoms with E-state index in [0.717, 1.165) is 0 Å². The van der Waals surface area contributed by atoms with Gasteiger partial charge in [-0.25, -0.2) is 0 Å². The summed E-state index contributed by atoms with van der Waals surface area (Å²) in [5, 5.41) is 30.5. The largest absolute Gasteiger partial charge is 0.503 e. The number of aromatic hydroxyl groups is 1. The van der Waals surface area contributed by atoms with Crippen molar-refractivity contribution in [1.29, 1.82) is 5.26 Å². The summed E-state index contributed by atoms with van der Waals surface area (Å²) in [6.45, 7) is 0.614. The number of aliphatic hydroxyl groups excluding tert-OH is 1. The summed E-state index contributed by atoms with van der Waals surface area (Å²) in [4.78, 5) is 0. The van der Waals surface area contributed by atoms with Gasteiger partial charge in [0, 0.05) is 6.61 Å². The van der Waals surface area contributed by atoms with Crippen LogP contribution in [0.25, 0.3) is 0 Å². The number of rotatable bonds is 6. The molecule has 1 rings (SSSR count). The molecule has 1 unspecified atom stereocenters. The quantitative estimate of drug-likeness (QED) is 0.696. The first-order chi connectivity index (χ1) is 8.63.